The van der Waals surface area contributed by atoms with E-state index < -0.39 is 17.9 Å². The lowest BCUT2D eigenvalue weighted by atomic mass is 10.1. The number of aromatic nitrogens is 2. The van der Waals surface area contributed by atoms with E-state index in [4.69, 9.17) is 11.5 Å². The number of unbranched alkanes of at least 4 members (excludes halogenated alkanes) is 1. The number of halogens is 3. The minimum Gasteiger partial charge on any atom is -0.354 e. The van der Waals surface area contributed by atoms with Crippen molar-refractivity contribution >= 4 is 34.7 Å². The van der Waals surface area contributed by atoms with E-state index in [1.807, 2.05) is 36.4 Å². The minimum absolute atomic E-state index is 0.287. The monoisotopic (exact) mass is 552 g/mol. The van der Waals surface area contributed by atoms with Crippen molar-refractivity contribution in [1.29, 1.82) is 0 Å². The normalized spacial score (nSPS) is 13.3. The van der Waals surface area contributed by atoms with Crippen molar-refractivity contribution < 1.29 is 18.0 Å². The van der Waals surface area contributed by atoms with E-state index in [0.29, 0.717) is 29.9 Å². The molecule has 11 heteroatoms. The van der Waals surface area contributed by atoms with Crippen molar-refractivity contribution in [1.82, 2.24) is 9.78 Å². The molecule has 1 amide bonds. The summed E-state index contributed by atoms with van der Waals surface area (Å²) in [5.41, 5.74) is 13.9. The maximum absolute atomic E-state index is 13.7. The van der Waals surface area contributed by atoms with E-state index in [9.17, 15) is 18.0 Å². The average Bonchev–Trinajstić information content (AvgIpc) is 3.38. The molecule has 6 N–H and O–H groups in total. The summed E-state index contributed by atoms with van der Waals surface area (Å²) in [6.45, 7) is 0.538. The number of benzene rings is 3. The molecule has 0 aliphatic carbocycles. The molecule has 0 saturated carbocycles. The second kappa shape index (κ2) is 11.1. The van der Waals surface area contributed by atoms with E-state index in [1.54, 1.807) is 42.1 Å². The zero-order valence-electron chi connectivity index (χ0n) is 20.8. The second-order valence-corrected chi connectivity index (χ2v) is 10.3. The number of nitrogens with zero attached hydrogens (tertiary/aromatic N) is 2. The first-order chi connectivity index (χ1) is 18.7. The summed E-state index contributed by atoms with van der Waals surface area (Å²) >= 11 is 1.60. The molecule has 0 bridgehead atoms. The molecule has 202 valence electrons. The molecule has 7 nitrogen and oxygen atoms in total. The van der Waals surface area contributed by atoms with Crippen LogP contribution in [0.3, 0.4) is 0 Å². The van der Waals surface area contributed by atoms with Gasteiger partial charge in [0.05, 0.1) is 28.8 Å². The van der Waals surface area contributed by atoms with Crippen LogP contribution in [0.25, 0.3) is 16.9 Å². The lowest BCUT2D eigenvalue weighted by Gasteiger charge is -2.21. The topological polar surface area (TPSA) is 111 Å². The zero-order chi connectivity index (χ0) is 27.6. The van der Waals surface area contributed by atoms with Crippen LogP contribution in [0.15, 0.2) is 82.6 Å². The first kappa shape index (κ1) is 26.8. The summed E-state index contributed by atoms with van der Waals surface area (Å²) in [7, 11) is 0. The molecule has 39 heavy (non-hydrogen) atoms. The van der Waals surface area contributed by atoms with Crippen LogP contribution < -0.4 is 22.1 Å². The summed E-state index contributed by atoms with van der Waals surface area (Å²) < 4.78 is 42.3. The highest BCUT2D eigenvalue weighted by Crippen LogP contribution is 2.45. The molecule has 1 aromatic heterocycles. The number of carbonyl (C=O) groups excluding carboxylic acids is 1. The molecule has 3 aromatic carbocycles. The van der Waals surface area contributed by atoms with Gasteiger partial charge in [-0.3, -0.25) is 4.79 Å². The average molecular weight is 553 g/mol. The van der Waals surface area contributed by atoms with E-state index in [1.165, 1.54) is 4.68 Å². The largest absolute Gasteiger partial charge is 0.435 e. The quantitative estimate of drug-likeness (QED) is 0.172. The number of anilines is 3. The number of rotatable bonds is 8. The molecule has 0 unspecified atom stereocenters. The molecule has 5 rings (SSSR count). The summed E-state index contributed by atoms with van der Waals surface area (Å²) in [6, 6.07) is 20.2. The van der Waals surface area contributed by atoms with Gasteiger partial charge in [-0.15, -0.1) is 0 Å². The van der Waals surface area contributed by atoms with Crippen molar-refractivity contribution in [3.63, 3.8) is 0 Å². The number of nitrogens with one attached hydrogen (secondary N) is 2. The lowest BCUT2D eigenvalue weighted by Crippen LogP contribution is -2.35. The Hall–Kier alpha value is -3.80. The van der Waals surface area contributed by atoms with Crippen LogP contribution in [0.1, 0.15) is 25.0 Å². The number of nitrogens with two attached hydrogens (primary N) is 2. The molecule has 1 atom stereocenters. The molecule has 1 aliphatic rings. The molecule has 2 heterocycles. The predicted molar refractivity (Wildman–Crippen MR) is 147 cm³/mol. The number of carbonyl (C=O) groups is 1. The molecular weight excluding hydrogens is 525 g/mol. The van der Waals surface area contributed by atoms with Crippen LogP contribution in [-0.4, -0.2) is 28.3 Å². The highest BCUT2D eigenvalue weighted by molar-refractivity contribution is 7.99. The molecule has 0 fully saturated rings. The molecular formula is C28H27F3N6OS. The Labute approximate surface area is 227 Å². The Bertz CT molecular complexity index is 1490. The van der Waals surface area contributed by atoms with Crippen molar-refractivity contribution in [3.05, 3.63) is 78.5 Å². The van der Waals surface area contributed by atoms with Crippen LogP contribution in [-0.2, 0) is 11.0 Å². The SMILES string of the molecule is NCCCC[C@@H](N)C(=O)Nc1ccc(-n2nc(C(F)(F)F)cc2-c2ccc3c(c2)Nc2ccccc2S3)cc1. The standard InChI is InChI=1S/C28H27F3N6OS/c29-28(30,31)26-16-23(17-8-13-25-22(15-17)35-21-6-1-2-7-24(21)39-25)37(36-26)19-11-9-18(10-12-19)34-27(38)20(33)5-3-4-14-32/h1-2,6-13,15-16,20,35H,3-5,14,32-33H2,(H,34,38)/t20-/m1/s1. The van der Waals surface area contributed by atoms with E-state index in [2.05, 4.69) is 15.7 Å². The highest BCUT2D eigenvalue weighted by Gasteiger charge is 2.35. The number of hydrogen-bond donors (Lipinski definition) is 4. The van der Waals surface area contributed by atoms with Crippen molar-refractivity contribution in [3.8, 4) is 16.9 Å². The maximum Gasteiger partial charge on any atom is 0.435 e. The Morgan fingerprint density at radius 3 is 2.49 bits per heavy atom. The number of hydrogen-bond acceptors (Lipinski definition) is 6. The van der Waals surface area contributed by atoms with Gasteiger partial charge in [-0.2, -0.15) is 18.3 Å². The smallest absolute Gasteiger partial charge is 0.354 e. The van der Waals surface area contributed by atoms with Gasteiger partial charge in [-0.25, -0.2) is 4.68 Å². The fourth-order valence-electron chi connectivity index (χ4n) is 4.28. The minimum atomic E-state index is -4.62. The Morgan fingerprint density at radius 2 is 1.74 bits per heavy atom. The molecule has 4 aromatic rings. The van der Waals surface area contributed by atoms with Gasteiger partial charge in [-0.05, 0) is 74.0 Å². The third kappa shape index (κ3) is 5.95. The van der Waals surface area contributed by atoms with Gasteiger partial charge in [0, 0.05) is 21.0 Å². The van der Waals surface area contributed by atoms with Crippen LogP contribution >= 0.6 is 11.8 Å². The molecule has 0 radical (unpaired) electrons. The van der Waals surface area contributed by atoms with Crippen LogP contribution in [0.2, 0.25) is 0 Å². The van der Waals surface area contributed by atoms with Crippen molar-refractivity contribution in [2.75, 3.05) is 17.2 Å². The fraction of sp³-hybridized carbons (Fsp3) is 0.214. The molecule has 1 aliphatic heterocycles. The van der Waals surface area contributed by atoms with Gasteiger partial charge in [0.15, 0.2) is 5.69 Å². The molecule has 0 saturated heterocycles. The Balaban J connectivity index is 1.42. The van der Waals surface area contributed by atoms with E-state index >= 15 is 0 Å². The number of alkyl halides is 3. The van der Waals surface area contributed by atoms with E-state index in [-0.39, 0.29) is 11.6 Å². The van der Waals surface area contributed by atoms with Gasteiger partial charge < -0.3 is 22.1 Å². The maximum atomic E-state index is 13.7. The summed E-state index contributed by atoms with van der Waals surface area (Å²) in [5.74, 6) is -0.333. The van der Waals surface area contributed by atoms with Gasteiger partial charge in [0.1, 0.15) is 0 Å². The third-order valence-electron chi connectivity index (χ3n) is 6.34. The Kier molecular flexibility index (Phi) is 7.65. The van der Waals surface area contributed by atoms with Gasteiger partial charge in [0.2, 0.25) is 5.91 Å². The third-order valence-corrected chi connectivity index (χ3v) is 7.49. The summed E-state index contributed by atoms with van der Waals surface area (Å²) in [4.78, 5) is 14.4. The number of amides is 1. The predicted octanol–water partition coefficient (Wildman–Crippen LogP) is 6.16. The highest BCUT2D eigenvalue weighted by atomic mass is 32.2. The van der Waals surface area contributed by atoms with Gasteiger partial charge in [-0.1, -0.05) is 36.4 Å². The fourth-order valence-corrected chi connectivity index (χ4v) is 5.25. The van der Waals surface area contributed by atoms with Gasteiger partial charge >= 0.3 is 6.18 Å². The lowest BCUT2D eigenvalue weighted by molar-refractivity contribution is -0.141. The van der Waals surface area contributed by atoms with Crippen molar-refractivity contribution in [2.24, 2.45) is 11.5 Å². The zero-order valence-corrected chi connectivity index (χ0v) is 21.6. The number of fused-ring (bicyclic) bond motifs is 2. The second-order valence-electron chi connectivity index (χ2n) is 9.19. The van der Waals surface area contributed by atoms with Crippen LogP contribution in [0, 0.1) is 0 Å². The molecule has 0 spiro atoms. The van der Waals surface area contributed by atoms with Crippen LogP contribution in [0.4, 0.5) is 30.2 Å². The Morgan fingerprint density at radius 1 is 1.00 bits per heavy atom. The summed E-state index contributed by atoms with van der Waals surface area (Å²) in [5, 5.41) is 10.0. The van der Waals surface area contributed by atoms with Crippen molar-refractivity contribution in [2.45, 2.75) is 41.3 Å². The first-order valence-electron chi connectivity index (χ1n) is 12.5. The first-order valence-corrected chi connectivity index (χ1v) is 13.3. The number of para-hydroxylation sites is 1. The van der Waals surface area contributed by atoms with E-state index in [0.717, 1.165) is 40.1 Å². The van der Waals surface area contributed by atoms with Gasteiger partial charge in [0.25, 0.3) is 0 Å². The summed E-state index contributed by atoms with van der Waals surface area (Å²) in [6.07, 6.45) is -2.57. The van der Waals surface area contributed by atoms with Crippen LogP contribution in [0.5, 0.6) is 0 Å².